The fourth-order valence-electron chi connectivity index (χ4n) is 1.96. The monoisotopic (exact) mass is 317 g/mol. The molecule has 1 N–H and O–H groups in total. The molecule has 122 valence electrons. The molecule has 1 atom stereocenters. The Bertz CT molecular complexity index is 643. The van der Waals surface area contributed by atoms with Crippen LogP contribution in [0.3, 0.4) is 0 Å². The summed E-state index contributed by atoms with van der Waals surface area (Å²) in [5, 5.41) is 2.74. The summed E-state index contributed by atoms with van der Waals surface area (Å²) < 4.78 is 23.8. The van der Waals surface area contributed by atoms with Crippen LogP contribution in [0.2, 0.25) is 0 Å². The van der Waals surface area contributed by atoms with Crippen LogP contribution in [0.15, 0.2) is 48.5 Å². The molecule has 0 saturated carbocycles. The van der Waals surface area contributed by atoms with Crippen molar-refractivity contribution in [2.24, 2.45) is 0 Å². The Kier molecular flexibility index (Phi) is 5.97. The number of benzene rings is 2. The molecule has 23 heavy (non-hydrogen) atoms. The van der Waals surface area contributed by atoms with Crippen molar-refractivity contribution in [1.82, 2.24) is 5.32 Å². The van der Waals surface area contributed by atoms with Gasteiger partial charge in [0.2, 0.25) is 0 Å². The maximum absolute atomic E-state index is 12.8. The number of amides is 1. The zero-order chi connectivity index (χ0) is 16.7. The SMILES string of the molecule is Cc1cccc(OCCNC(=O)[C@H](C)Oc2ccc(F)cc2)c1. The van der Waals surface area contributed by atoms with Crippen molar-refractivity contribution < 1.29 is 18.7 Å². The van der Waals surface area contributed by atoms with Gasteiger partial charge in [-0.1, -0.05) is 12.1 Å². The predicted molar refractivity (Wildman–Crippen MR) is 86.2 cm³/mol. The van der Waals surface area contributed by atoms with E-state index in [0.29, 0.717) is 18.9 Å². The summed E-state index contributed by atoms with van der Waals surface area (Å²) >= 11 is 0. The van der Waals surface area contributed by atoms with Crippen LogP contribution in [0.4, 0.5) is 4.39 Å². The van der Waals surface area contributed by atoms with Crippen molar-refractivity contribution in [3.63, 3.8) is 0 Å². The van der Waals surface area contributed by atoms with Crippen molar-refractivity contribution in [2.45, 2.75) is 20.0 Å². The van der Waals surface area contributed by atoms with Crippen molar-refractivity contribution in [2.75, 3.05) is 13.2 Å². The Hall–Kier alpha value is -2.56. The summed E-state index contributed by atoms with van der Waals surface area (Å²) in [4.78, 5) is 11.9. The van der Waals surface area contributed by atoms with Gasteiger partial charge in [-0.05, 0) is 55.8 Å². The molecule has 0 bridgehead atoms. The van der Waals surface area contributed by atoms with E-state index in [4.69, 9.17) is 9.47 Å². The molecule has 0 aliphatic carbocycles. The summed E-state index contributed by atoms with van der Waals surface area (Å²) in [5.74, 6) is 0.629. The van der Waals surface area contributed by atoms with Crippen LogP contribution in [0.5, 0.6) is 11.5 Å². The lowest BCUT2D eigenvalue weighted by atomic mass is 10.2. The Morgan fingerprint density at radius 2 is 1.91 bits per heavy atom. The third-order valence-electron chi connectivity index (χ3n) is 3.16. The Morgan fingerprint density at radius 1 is 1.17 bits per heavy atom. The molecule has 2 rings (SSSR count). The number of nitrogens with one attached hydrogen (secondary N) is 1. The molecule has 0 spiro atoms. The van der Waals surface area contributed by atoms with Gasteiger partial charge in [0.05, 0.1) is 6.54 Å². The largest absolute Gasteiger partial charge is 0.492 e. The highest BCUT2D eigenvalue weighted by atomic mass is 19.1. The summed E-state index contributed by atoms with van der Waals surface area (Å²) in [7, 11) is 0. The molecule has 1 amide bonds. The summed E-state index contributed by atoms with van der Waals surface area (Å²) in [6, 6.07) is 13.3. The van der Waals surface area contributed by atoms with Crippen LogP contribution in [-0.2, 0) is 4.79 Å². The lowest BCUT2D eigenvalue weighted by Gasteiger charge is -2.15. The molecule has 0 unspecified atom stereocenters. The van der Waals surface area contributed by atoms with Gasteiger partial charge in [-0.15, -0.1) is 0 Å². The molecule has 0 aromatic heterocycles. The predicted octanol–water partition coefficient (Wildman–Crippen LogP) is 3.10. The number of rotatable bonds is 7. The van der Waals surface area contributed by atoms with Crippen molar-refractivity contribution in [3.05, 3.63) is 59.9 Å². The van der Waals surface area contributed by atoms with Crippen LogP contribution < -0.4 is 14.8 Å². The minimum Gasteiger partial charge on any atom is -0.492 e. The molecule has 0 saturated heterocycles. The van der Waals surface area contributed by atoms with E-state index >= 15 is 0 Å². The number of carbonyl (C=O) groups excluding carboxylic acids is 1. The van der Waals surface area contributed by atoms with Crippen molar-refractivity contribution in [1.29, 1.82) is 0 Å². The van der Waals surface area contributed by atoms with Gasteiger partial charge in [-0.2, -0.15) is 0 Å². The highest BCUT2D eigenvalue weighted by Crippen LogP contribution is 2.13. The zero-order valence-corrected chi connectivity index (χ0v) is 13.2. The fourth-order valence-corrected chi connectivity index (χ4v) is 1.96. The van der Waals surface area contributed by atoms with Crippen molar-refractivity contribution in [3.8, 4) is 11.5 Å². The van der Waals surface area contributed by atoms with E-state index in [0.717, 1.165) is 11.3 Å². The van der Waals surface area contributed by atoms with E-state index in [1.165, 1.54) is 24.3 Å². The van der Waals surface area contributed by atoms with E-state index < -0.39 is 6.10 Å². The van der Waals surface area contributed by atoms with E-state index in [1.807, 2.05) is 31.2 Å². The molecule has 0 radical (unpaired) electrons. The maximum Gasteiger partial charge on any atom is 0.260 e. The molecule has 0 fully saturated rings. The quantitative estimate of drug-likeness (QED) is 0.798. The van der Waals surface area contributed by atoms with E-state index in [2.05, 4.69) is 5.32 Å². The van der Waals surface area contributed by atoms with Gasteiger partial charge in [-0.25, -0.2) is 4.39 Å². The molecule has 4 nitrogen and oxygen atoms in total. The van der Waals surface area contributed by atoms with Gasteiger partial charge in [0.25, 0.3) is 5.91 Å². The number of halogens is 1. The second-order valence-corrected chi connectivity index (χ2v) is 5.17. The standard InChI is InChI=1S/C18H20FNO3/c1-13-4-3-5-17(12-13)22-11-10-20-18(21)14(2)23-16-8-6-15(19)7-9-16/h3-9,12,14H,10-11H2,1-2H3,(H,20,21)/t14-/m0/s1. The molecule has 0 aliphatic rings. The second kappa shape index (κ2) is 8.17. The van der Waals surface area contributed by atoms with Gasteiger partial charge in [0.15, 0.2) is 6.10 Å². The minimum absolute atomic E-state index is 0.248. The van der Waals surface area contributed by atoms with Crippen LogP contribution in [-0.4, -0.2) is 25.2 Å². The highest BCUT2D eigenvalue weighted by Gasteiger charge is 2.14. The van der Waals surface area contributed by atoms with E-state index in [1.54, 1.807) is 6.92 Å². The second-order valence-electron chi connectivity index (χ2n) is 5.17. The summed E-state index contributed by atoms with van der Waals surface area (Å²) in [5.41, 5.74) is 1.12. The van der Waals surface area contributed by atoms with Gasteiger partial charge in [0.1, 0.15) is 23.9 Å². The molecule has 0 aliphatic heterocycles. The normalized spacial score (nSPS) is 11.6. The van der Waals surface area contributed by atoms with Crippen LogP contribution in [0, 0.1) is 12.7 Å². The van der Waals surface area contributed by atoms with E-state index in [9.17, 15) is 9.18 Å². The lowest BCUT2D eigenvalue weighted by Crippen LogP contribution is -2.38. The number of carbonyl (C=O) groups is 1. The smallest absolute Gasteiger partial charge is 0.260 e. The van der Waals surface area contributed by atoms with Crippen molar-refractivity contribution >= 4 is 5.91 Å². The summed E-state index contributed by atoms with van der Waals surface area (Å²) in [6.07, 6.45) is -0.667. The van der Waals surface area contributed by atoms with Crippen LogP contribution >= 0.6 is 0 Å². The molecule has 0 heterocycles. The topological polar surface area (TPSA) is 47.6 Å². The summed E-state index contributed by atoms with van der Waals surface area (Å²) in [6.45, 7) is 4.38. The van der Waals surface area contributed by atoms with Gasteiger partial charge >= 0.3 is 0 Å². The van der Waals surface area contributed by atoms with Crippen LogP contribution in [0.1, 0.15) is 12.5 Å². The van der Waals surface area contributed by atoms with E-state index in [-0.39, 0.29) is 11.7 Å². The maximum atomic E-state index is 12.8. The molecular formula is C18H20FNO3. The first kappa shape index (κ1) is 16.8. The zero-order valence-electron chi connectivity index (χ0n) is 13.2. The molecule has 5 heteroatoms. The number of hydrogen-bond donors (Lipinski definition) is 1. The lowest BCUT2D eigenvalue weighted by molar-refractivity contribution is -0.127. The number of aryl methyl sites for hydroxylation is 1. The number of hydrogen-bond acceptors (Lipinski definition) is 3. The third-order valence-corrected chi connectivity index (χ3v) is 3.16. The first-order valence-electron chi connectivity index (χ1n) is 7.44. The average molecular weight is 317 g/mol. The Morgan fingerprint density at radius 3 is 2.61 bits per heavy atom. The molecular weight excluding hydrogens is 297 g/mol. The fraction of sp³-hybridized carbons (Fsp3) is 0.278. The van der Waals surface area contributed by atoms with Crippen LogP contribution in [0.25, 0.3) is 0 Å². The Labute approximate surface area is 135 Å². The Balaban J connectivity index is 1.70. The average Bonchev–Trinajstić information content (AvgIpc) is 2.53. The highest BCUT2D eigenvalue weighted by molar-refractivity contribution is 5.80. The van der Waals surface area contributed by atoms with Gasteiger partial charge in [-0.3, -0.25) is 4.79 Å². The molecule has 2 aromatic rings. The first-order chi connectivity index (χ1) is 11.0. The molecule has 2 aromatic carbocycles. The minimum atomic E-state index is -0.667. The van der Waals surface area contributed by atoms with Gasteiger partial charge < -0.3 is 14.8 Å². The third kappa shape index (κ3) is 5.62. The van der Waals surface area contributed by atoms with Gasteiger partial charge in [0, 0.05) is 0 Å². The first-order valence-corrected chi connectivity index (χ1v) is 7.44. The number of ether oxygens (including phenoxy) is 2.